The van der Waals surface area contributed by atoms with E-state index >= 15 is 0 Å². The number of halogens is 3. The molecule has 1 heterocycles. The second kappa shape index (κ2) is 5.64. The summed E-state index contributed by atoms with van der Waals surface area (Å²) >= 11 is 0. The zero-order valence-electron chi connectivity index (χ0n) is 7.90. The molecular formula is C7H10F3LiN2O. The van der Waals surface area contributed by atoms with E-state index < -0.39 is 12.1 Å². The number of nitrogens with one attached hydrogen (secondary N) is 1. The fourth-order valence-corrected chi connectivity index (χ4v) is 1.17. The standard InChI is InChI=1S/C7H10F3N2O.Li/c8-7(9,10)6(13)12-4-5-2-1-3-11-5;/h5H,1-4H2,(H,12,13);/q-1;+1. The molecular weight excluding hydrogens is 192 g/mol. The maximum atomic E-state index is 11.7. The molecule has 1 rings (SSSR count). The number of nitrogens with zero attached hydrogens (tertiary/aromatic N) is 1. The number of carbonyl (C=O) groups is 1. The maximum Gasteiger partial charge on any atom is 1.00 e. The molecule has 1 aliphatic heterocycles. The van der Waals surface area contributed by atoms with Gasteiger partial charge in [-0.1, -0.05) is 12.8 Å². The maximum absolute atomic E-state index is 11.7. The molecule has 1 N–H and O–H groups in total. The summed E-state index contributed by atoms with van der Waals surface area (Å²) in [6, 6.07) is -0.133. The summed E-state index contributed by atoms with van der Waals surface area (Å²) in [6.45, 7) is 0.685. The average molecular weight is 202 g/mol. The van der Waals surface area contributed by atoms with E-state index in [1.807, 2.05) is 0 Å². The predicted octanol–water partition coefficient (Wildman–Crippen LogP) is -1.79. The molecule has 0 aromatic heterocycles. The molecule has 1 saturated heterocycles. The van der Waals surface area contributed by atoms with Crippen LogP contribution in [0.15, 0.2) is 0 Å². The number of amides is 1. The Morgan fingerprint density at radius 2 is 2.14 bits per heavy atom. The number of rotatable bonds is 2. The number of hydrogen-bond acceptors (Lipinski definition) is 1. The van der Waals surface area contributed by atoms with E-state index in [1.165, 1.54) is 0 Å². The molecule has 0 spiro atoms. The second-order valence-corrected chi connectivity index (χ2v) is 2.91. The van der Waals surface area contributed by atoms with Gasteiger partial charge in [-0.2, -0.15) is 13.2 Å². The largest absolute Gasteiger partial charge is 1.00 e. The molecule has 1 amide bonds. The SMILES string of the molecule is O=C(NCC1CCC[N-]1)C(F)(F)F.[Li+]. The molecule has 76 valence electrons. The van der Waals surface area contributed by atoms with Gasteiger partial charge in [-0.15, -0.1) is 12.6 Å². The summed E-state index contributed by atoms with van der Waals surface area (Å²) in [5.74, 6) is -1.88. The van der Waals surface area contributed by atoms with Gasteiger partial charge in [0.25, 0.3) is 0 Å². The van der Waals surface area contributed by atoms with Crippen molar-refractivity contribution in [1.29, 1.82) is 0 Å². The van der Waals surface area contributed by atoms with Crippen molar-refractivity contribution in [2.75, 3.05) is 13.1 Å². The quantitative estimate of drug-likeness (QED) is 0.528. The third kappa shape index (κ3) is 4.36. The van der Waals surface area contributed by atoms with Crippen molar-refractivity contribution in [3.8, 4) is 0 Å². The Morgan fingerprint density at radius 3 is 2.57 bits per heavy atom. The van der Waals surface area contributed by atoms with Crippen LogP contribution in [0.5, 0.6) is 0 Å². The summed E-state index contributed by atoms with van der Waals surface area (Å²) in [5, 5.41) is 5.81. The Kier molecular flexibility index (Phi) is 5.56. The molecule has 3 nitrogen and oxygen atoms in total. The molecule has 0 aromatic rings. The van der Waals surface area contributed by atoms with Crippen LogP contribution in [-0.4, -0.2) is 31.2 Å². The smallest absolute Gasteiger partial charge is 0.658 e. The summed E-state index contributed by atoms with van der Waals surface area (Å²) < 4.78 is 35.0. The van der Waals surface area contributed by atoms with Crippen molar-refractivity contribution >= 4 is 5.91 Å². The van der Waals surface area contributed by atoms with E-state index in [2.05, 4.69) is 5.32 Å². The van der Waals surface area contributed by atoms with Crippen LogP contribution in [0.25, 0.3) is 5.32 Å². The van der Waals surface area contributed by atoms with Crippen LogP contribution >= 0.6 is 0 Å². The molecule has 1 aliphatic rings. The van der Waals surface area contributed by atoms with E-state index in [-0.39, 0.29) is 31.4 Å². The topological polar surface area (TPSA) is 43.2 Å². The molecule has 0 radical (unpaired) electrons. The van der Waals surface area contributed by atoms with Gasteiger partial charge in [0, 0.05) is 6.54 Å². The van der Waals surface area contributed by atoms with Crippen molar-refractivity contribution in [2.45, 2.75) is 25.1 Å². The van der Waals surface area contributed by atoms with Gasteiger partial charge in [0.15, 0.2) is 0 Å². The van der Waals surface area contributed by atoms with Gasteiger partial charge in [0.2, 0.25) is 0 Å². The zero-order valence-corrected chi connectivity index (χ0v) is 7.90. The Labute approximate surface area is 92.0 Å². The molecule has 14 heavy (non-hydrogen) atoms. The third-order valence-corrected chi connectivity index (χ3v) is 1.84. The van der Waals surface area contributed by atoms with Gasteiger partial charge in [0.1, 0.15) is 0 Å². The van der Waals surface area contributed by atoms with Gasteiger partial charge < -0.3 is 10.6 Å². The van der Waals surface area contributed by atoms with Gasteiger partial charge in [-0.3, -0.25) is 4.79 Å². The second-order valence-electron chi connectivity index (χ2n) is 2.91. The Hall–Kier alpha value is -0.183. The number of carbonyl (C=O) groups excluding carboxylic acids is 1. The van der Waals surface area contributed by atoms with Crippen molar-refractivity contribution < 1.29 is 36.8 Å². The first kappa shape index (κ1) is 13.8. The first-order chi connectivity index (χ1) is 6.00. The van der Waals surface area contributed by atoms with Crippen molar-refractivity contribution in [3.63, 3.8) is 0 Å². The molecule has 0 aliphatic carbocycles. The van der Waals surface area contributed by atoms with Crippen LogP contribution in [0.1, 0.15) is 12.8 Å². The summed E-state index contributed by atoms with van der Waals surface area (Å²) in [7, 11) is 0. The third-order valence-electron chi connectivity index (χ3n) is 1.84. The Balaban J connectivity index is 0.00000169. The number of alkyl halides is 3. The fraction of sp³-hybridized carbons (Fsp3) is 0.857. The van der Waals surface area contributed by atoms with Crippen LogP contribution in [0.2, 0.25) is 0 Å². The minimum absolute atomic E-state index is 0. The molecule has 1 atom stereocenters. The van der Waals surface area contributed by atoms with E-state index in [0.29, 0.717) is 6.54 Å². The fourth-order valence-electron chi connectivity index (χ4n) is 1.17. The van der Waals surface area contributed by atoms with Crippen LogP contribution in [-0.2, 0) is 4.79 Å². The van der Waals surface area contributed by atoms with Gasteiger partial charge in [0.05, 0.1) is 0 Å². The van der Waals surface area contributed by atoms with Gasteiger partial charge in [-0.25, -0.2) is 0 Å². The summed E-state index contributed by atoms with van der Waals surface area (Å²) in [6.07, 6.45) is -3.12. The molecule has 1 unspecified atom stereocenters. The minimum Gasteiger partial charge on any atom is -0.658 e. The van der Waals surface area contributed by atoms with Gasteiger partial charge in [-0.05, 0) is 0 Å². The Morgan fingerprint density at radius 1 is 1.50 bits per heavy atom. The molecule has 1 fully saturated rings. The first-order valence-electron chi connectivity index (χ1n) is 4.02. The van der Waals surface area contributed by atoms with Crippen molar-refractivity contribution in [3.05, 3.63) is 5.32 Å². The summed E-state index contributed by atoms with van der Waals surface area (Å²) in [4.78, 5) is 10.3. The predicted molar refractivity (Wildman–Crippen MR) is 40.3 cm³/mol. The summed E-state index contributed by atoms with van der Waals surface area (Å²) in [5.41, 5.74) is 0. The molecule has 0 bridgehead atoms. The normalized spacial score (nSPS) is 21.5. The van der Waals surface area contributed by atoms with Crippen molar-refractivity contribution in [1.82, 2.24) is 5.32 Å². The monoisotopic (exact) mass is 202 g/mol. The Bertz CT molecular complexity index is 192. The van der Waals surface area contributed by atoms with E-state index in [1.54, 1.807) is 5.32 Å². The minimum atomic E-state index is -4.78. The van der Waals surface area contributed by atoms with Crippen LogP contribution in [0.4, 0.5) is 13.2 Å². The molecule has 0 saturated carbocycles. The number of hydrogen-bond donors (Lipinski definition) is 1. The van der Waals surface area contributed by atoms with E-state index in [4.69, 9.17) is 0 Å². The molecule has 7 heteroatoms. The van der Waals surface area contributed by atoms with Crippen molar-refractivity contribution in [2.24, 2.45) is 0 Å². The van der Waals surface area contributed by atoms with E-state index in [9.17, 15) is 18.0 Å². The first-order valence-corrected chi connectivity index (χ1v) is 4.02. The van der Waals surface area contributed by atoms with E-state index in [0.717, 1.165) is 12.8 Å². The van der Waals surface area contributed by atoms with Crippen LogP contribution < -0.4 is 24.2 Å². The van der Waals surface area contributed by atoms with Crippen LogP contribution in [0.3, 0.4) is 0 Å². The molecule has 0 aromatic carbocycles. The van der Waals surface area contributed by atoms with Gasteiger partial charge >= 0.3 is 30.9 Å². The zero-order chi connectivity index (χ0) is 9.90. The van der Waals surface area contributed by atoms with Crippen LogP contribution in [0, 0.1) is 0 Å². The average Bonchev–Trinajstić information content (AvgIpc) is 2.50.